The standard InChI is InChI=1S/C19H26N4O2S/c1-12-17(26-13(2)20-12)18(25)22-10-6-7-14(22)11-23-16(24)9-8-15(21-23)19(3,4)5/h8-9,14H,6-7,10-11H2,1-5H3. The highest BCUT2D eigenvalue weighted by molar-refractivity contribution is 7.13. The zero-order valence-electron chi connectivity index (χ0n) is 16.1. The van der Waals surface area contributed by atoms with Crippen LogP contribution in [0.3, 0.4) is 0 Å². The second-order valence-electron chi connectivity index (χ2n) is 7.93. The van der Waals surface area contributed by atoms with E-state index in [0.717, 1.165) is 29.2 Å². The predicted molar refractivity (Wildman–Crippen MR) is 103 cm³/mol. The van der Waals surface area contributed by atoms with Crippen LogP contribution in [0, 0.1) is 13.8 Å². The molecule has 1 fully saturated rings. The lowest BCUT2D eigenvalue weighted by Crippen LogP contribution is -2.41. The van der Waals surface area contributed by atoms with Gasteiger partial charge in [-0.05, 0) is 32.8 Å². The highest BCUT2D eigenvalue weighted by Crippen LogP contribution is 2.26. The number of amides is 1. The maximum atomic E-state index is 13.0. The quantitative estimate of drug-likeness (QED) is 0.828. The van der Waals surface area contributed by atoms with Crippen molar-refractivity contribution in [1.29, 1.82) is 0 Å². The second kappa shape index (κ2) is 6.95. The van der Waals surface area contributed by atoms with Crippen molar-refractivity contribution in [2.75, 3.05) is 6.54 Å². The third-order valence-corrected chi connectivity index (χ3v) is 5.82. The molecule has 1 aliphatic heterocycles. The summed E-state index contributed by atoms with van der Waals surface area (Å²) in [6.45, 7) is 11.2. The van der Waals surface area contributed by atoms with Crippen molar-refractivity contribution < 1.29 is 4.79 Å². The molecule has 1 unspecified atom stereocenters. The lowest BCUT2D eigenvalue weighted by atomic mass is 9.92. The Labute approximate surface area is 157 Å². The third-order valence-electron chi connectivity index (χ3n) is 4.75. The van der Waals surface area contributed by atoms with E-state index in [4.69, 9.17) is 0 Å². The Bertz CT molecular complexity index is 878. The number of hydrogen-bond acceptors (Lipinski definition) is 5. The van der Waals surface area contributed by atoms with E-state index in [9.17, 15) is 9.59 Å². The van der Waals surface area contributed by atoms with E-state index in [-0.39, 0.29) is 22.9 Å². The van der Waals surface area contributed by atoms with Crippen LogP contribution >= 0.6 is 11.3 Å². The van der Waals surface area contributed by atoms with Gasteiger partial charge in [0.15, 0.2) is 0 Å². The average Bonchev–Trinajstić information content (AvgIpc) is 3.14. The Morgan fingerprint density at radius 1 is 1.31 bits per heavy atom. The van der Waals surface area contributed by atoms with E-state index in [1.165, 1.54) is 16.0 Å². The first kappa shape index (κ1) is 18.8. The number of aromatic nitrogens is 3. The lowest BCUT2D eigenvalue weighted by molar-refractivity contribution is 0.0724. The minimum Gasteiger partial charge on any atom is -0.333 e. The van der Waals surface area contributed by atoms with Crippen LogP contribution in [-0.4, -0.2) is 38.2 Å². The van der Waals surface area contributed by atoms with Crippen molar-refractivity contribution in [3.8, 4) is 0 Å². The molecule has 0 radical (unpaired) electrons. The lowest BCUT2D eigenvalue weighted by Gasteiger charge is -2.25. The largest absolute Gasteiger partial charge is 0.333 e. The minimum atomic E-state index is -0.127. The van der Waals surface area contributed by atoms with Gasteiger partial charge in [0.25, 0.3) is 11.5 Å². The number of thiazole rings is 1. The normalized spacial score (nSPS) is 17.7. The Morgan fingerprint density at radius 3 is 2.65 bits per heavy atom. The summed E-state index contributed by atoms with van der Waals surface area (Å²) in [6.07, 6.45) is 1.83. The van der Waals surface area contributed by atoms with Gasteiger partial charge in [-0.3, -0.25) is 9.59 Å². The molecule has 0 N–H and O–H groups in total. The number of carbonyl (C=O) groups excluding carboxylic acids is 1. The first-order valence-corrected chi connectivity index (χ1v) is 9.82. The maximum absolute atomic E-state index is 13.0. The summed E-state index contributed by atoms with van der Waals surface area (Å²) in [5.74, 6) is 0.0237. The predicted octanol–water partition coefficient (Wildman–Crippen LogP) is 2.92. The molecule has 6 nitrogen and oxygen atoms in total. The van der Waals surface area contributed by atoms with Crippen molar-refractivity contribution in [2.24, 2.45) is 0 Å². The molecular weight excluding hydrogens is 348 g/mol. The van der Waals surface area contributed by atoms with E-state index in [2.05, 4.69) is 30.9 Å². The molecule has 0 saturated carbocycles. The second-order valence-corrected chi connectivity index (χ2v) is 9.13. The summed E-state index contributed by atoms with van der Waals surface area (Å²) in [6, 6.07) is 3.36. The number of carbonyl (C=O) groups is 1. The van der Waals surface area contributed by atoms with Crippen molar-refractivity contribution in [2.45, 2.75) is 65.5 Å². The van der Waals surface area contributed by atoms with Crippen LogP contribution in [0.1, 0.15) is 59.7 Å². The zero-order valence-corrected chi connectivity index (χ0v) is 16.9. The van der Waals surface area contributed by atoms with Crippen LogP contribution in [0.5, 0.6) is 0 Å². The van der Waals surface area contributed by atoms with Gasteiger partial charge in [0.2, 0.25) is 0 Å². The van der Waals surface area contributed by atoms with Crippen LogP contribution in [-0.2, 0) is 12.0 Å². The van der Waals surface area contributed by atoms with E-state index in [1.807, 2.05) is 18.7 Å². The fourth-order valence-electron chi connectivity index (χ4n) is 3.33. The molecule has 3 heterocycles. The van der Waals surface area contributed by atoms with Crippen LogP contribution < -0.4 is 5.56 Å². The summed E-state index contributed by atoms with van der Waals surface area (Å²) < 4.78 is 1.52. The Balaban J connectivity index is 1.85. The molecule has 7 heteroatoms. The molecule has 140 valence electrons. The van der Waals surface area contributed by atoms with E-state index in [0.29, 0.717) is 18.0 Å². The summed E-state index contributed by atoms with van der Waals surface area (Å²) >= 11 is 1.44. The average molecular weight is 375 g/mol. The van der Waals surface area contributed by atoms with Crippen LogP contribution in [0.25, 0.3) is 0 Å². The number of likely N-dealkylation sites (tertiary alicyclic amines) is 1. The molecule has 0 aliphatic carbocycles. The number of hydrogen-bond donors (Lipinski definition) is 0. The Kier molecular flexibility index (Phi) is 5.01. The molecule has 1 saturated heterocycles. The van der Waals surface area contributed by atoms with Gasteiger partial charge in [-0.2, -0.15) is 5.10 Å². The summed E-state index contributed by atoms with van der Waals surface area (Å²) in [5, 5.41) is 5.45. The molecule has 0 bridgehead atoms. The molecule has 26 heavy (non-hydrogen) atoms. The van der Waals surface area contributed by atoms with Crippen LogP contribution in [0.2, 0.25) is 0 Å². The van der Waals surface area contributed by atoms with Gasteiger partial charge in [-0.15, -0.1) is 11.3 Å². The van der Waals surface area contributed by atoms with Gasteiger partial charge in [0.1, 0.15) is 4.88 Å². The molecule has 0 spiro atoms. The fourth-order valence-corrected chi connectivity index (χ4v) is 4.21. The number of aryl methyl sites for hydroxylation is 2. The molecule has 3 rings (SSSR count). The van der Waals surface area contributed by atoms with Crippen molar-refractivity contribution in [1.82, 2.24) is 19.7 Å². The molecular formula is C19H26N4O2S. The fraction of sp³-hybridized carbons (Fsp3) is 0.579. The molecule has 1 atom stereocenters. The number of rotatable bonds is 3. The van der Waals surface area contributed by atoms with Gasteiger partial charge in [0, 0.05) is 18.0 Å². The van der Waals surface area contributed by atoms with Crippen LogP contribution in [0.4, 0.5) is 0 Å². The molecule has 0 aromatic carbocycles. The zero-order chi connectivity index (χ0) is 19.1. The van der Waals surface area contributed by atoms with Gasteiger partial charge < -0.3 is 4.90 Å². The first-order chi connectivity index (χ1) is 12.2. The van der Waals surface area contributed by atoms with Gasteiger partial charge in [0.05, 0.1) is 29.0 Å². The van der Waals surface area contributed by atoms with E-state index in [1.54, 1.807) is 12.1 Å². The van der Waals surface area contributed by atoms with Gasteiger partial charge in [-0.1, -0.05) is 20.8 Å². The smallest absolute Gasteiger partial charge is 0.266 e. The highest BCUT2D eigenvalue weighted by Gasteiger charge is 2.32. The summed E-state index contributed by atoms with van der Waals surface area (Å²) in [7, 11) is 0. The molecule has 2 aromatic rings. The van der Waals surface area contributed by atoms with Crippen molar-refractivity contribution in [3.05, 3.63) is 43.8 Å². The maximum Gasteiger partial charge on any atom is 0.266 e. The van der Waals surface area contributed by atoms with E-state index < -0.39 is 0 Å². The molecule has 2 aromatic heterocycles. The van der Waals surface area contributed by atoms with Crippen LogP contribution in [0.15, 0.2) is 16.9 Å². The SMILES string of the molecule is Cc1nc(C)c(C(=O)N2CCCC2Cn2nc(C(C)(C)C)ccc2=O)s1. The Morgan fingerprint density at radius 2 is 2.04 bits per heavy atom. The topological polar surface area (TPSA) is 68.1 Å². The first-order valence-electron chi connectivity index (χ1n) is 9.00. The minimum absolute atomic E-state index is 0.00951. The Hall–Kier alpha value is -2.02. The number of nitrogens with zero attached hydrogens (tertiary/aromatic N) is 4. The highest BCUT2D eigenvalue weighted by atomic mass is 32.1. The van der Waals surface area contributed by atoms with E-state index >= 15 is 0 Å². The summed E-state index contributed by atoms with van der Waals surface area (Å²) in [5.41, 5.74) is 1.41. The van der Waals surface area contributed by atoms with Crippen molar-refractivity contribution >= 4 is 17.2 Å². The molecule has 1 aliphatic rings. The van der Waals surface area contributed by atoms with Gasteiger partial charge >= 0.3 is 0 Å². The summed E-state index contributed by atoms with van der Waals surface area (Å²) in [4.78, 5) is 32.2. The molecule has 1 amide bonds. The van der Waals surface area contributed by atoms with Gasteiger partial charge in [-0.25, -0.2) is 9.67 Å². The third kappa shape index (κ3) is 3.72. The monoisotopic (exact) mass is 374 g/mol. The van der Waals surface area contributed by atoms with Crippen molar-refractivity contribution in [3.63, 3.8) is 0 Å².